The van der Waals surface area contributed by atoms with E-state index >= 15 is 0 Å². The fourth-order valence-electron chi connectivity index (χ4n) is 2.64. The van der Waals surface area contributed by atoms with Gasteiger partial charge in [-0.3, -0.25) is 10.1 Å². The van der Waals surface area contributed by atoms with Crippen LogP contribution in [-0.4, -0.2) is 27.4 Å². The average molecular weight is 396 g/mol. The van der Waals surface area contributed by atoms with Crippen molar-refractivity contribution in [1.82, 2.24) is 15.0 Å². The molecular weight excluding hydrogens is 378 g/mol. The summed E-state index contributed by atoms with van der Waals surface area (Å²) in [5, 5.41) is 8.92. The Kier molecular flexibility index (Phi) is 5.08. The summed E-state index contributed by atoms with van der Waals surface area (Å²) in [6, 6.07) is 9.12. The normalized spacial score (nSPS) is 10.9. The van der Waals surface area contributed by atoms with Crippen molar-refractivity contribution in [3.8, 4) is 0 Å². The predicted molar refractivity (Wildman–Crippen MR) is 111 cm³/mol. The van der Waals surface area contributed by atoms with Crippen LogP contribution in [0.3, 0.4) is 0 Å². The maximum Gasteiger partial charge on any atom is 0.257 e. The Bertz CT molecular complexity index is 1070. The molecule has 0 saturated heterocycles. The van der Waals surface area contributed by atoms with E-state index in [2.05, 4.69) is 37.9 Å². The third-order valence-corrected chi connectivity index (χ3v) is 6.07. The summed E-state index contributed by atoms with van der Waals surface area (Å²) < 4.78 is 1.08. The van der Waals surface area contributed by atoms with Crippen molar-refractivity contribution >= 4 is 49.7 Å². The highest BCUT2D eigenvalue weighted by Crippen LogP contribution is 2.28. The second kappa shape index (κ2) is 7.81. The minimum Gasteiger partial charge on any atom is -0.368 e. The lowest BCUT2D eigenvalue weighted by Crippen LogP contribution is -2.11. The molecule has 1 aromatic carbocycles. The number of amides is 1. The van der Waals surface area contributed by atoms with E-state index in [4.69, 9.17) is 0 Å². The summed E-state index contributed by atoms with van der Waals surface area (Å²) in [5.74, 6) is 0.714. The first kappa shape index (κ1) is 17.6. The molecule has 4 aromatic rings. The zero-order chi connectivity index (χ0) is 18.6. The molecule has 0 spiro atoms. The van der Waals surface area contributed by atoms with Crippen LogP contribution in [0, 0.1) is 6.92 Å². The molecule has 1 amide bonds. The van der Waals surface area contributed by atoms with Gasteiger partial charge in [0.2, 0.25) is 0 Å². The lowest BCUT2D eigenvalue weighted by atomic mass is 10.2. The van der Waals surface area contributed by atoms with E-state index in [1.54, 1.807) is 36.0 Å². The van der Waals surface area contributed by atoms with E-state index in [1.165, 1.54) is 16.9 Å². The summed E-state index contributed by atoms with van der Waals surface area (Å²) in [7, 11) is 0. The maximum absolute atomic E-state index is 12.2. The molecule has 0 aliphatic carbocycles. The zero-order valence-electron chi connectivity index (χ0n) is 14.6. The van der Waals surface area contributed by atoms with Crippen molar-refractivity contribution < 1.29 is 4.79 Å². The maximum atomic E-state index is 12.2. The molecule has 136 valence electrons. The number of nitrogens with zero attached hydrogens (tertiary/aromatic N) is 3. The Hall–Kier alpha value is -2.84. The minimum atomic E-state index is -0.147. The summed E-state index contributed by atoms with van der Waals surface area (Å²) in [4.78, 5) is 26.3. The molecule has 2 N–H and O–H groups in total. The Morgan fingerprint density at radius 2 is 2.00 bits per heavy atom. The third-order valence-electron chi connectivity index (χ3n) is 4.00. The monoisotopic (exact) mass is 395 g/mol. The van der Waals surface area contributed by atoms with E-state index in [9.17, 15) is 4.79 Å². The number of benzene rings is 1. The van der Waals surface area contributed by atoms with Crippen molar-refractivity contribution in [2.75, 3.05) is 17.2 Å². The Balaban J connectivity index is 1.35. The van der Waals surface area contributed by atoms with Crippen LogP contribution in [0.15, 0.2) is 48.2 Å². The minimum absolute atomic E-state index is 0.147. The van der Waals surface area contributed by atoms with Gasteiger partial charge in [0.05, 0.1) is 10.2 Å². The molecule has 0 saturated carbocycles. The van der Waals surface area contributed by atoms with E-state index in [0.717, 1.165) is 33.9 Å². The third kappa shape index (κ3) is 3.96. The first-order valence-electron chi connectivity index (χ1n) is 8.44. The van der Waals surface area contributed by atoms with Crippen LogP contribution in [0.1, 0.15) is 20.8 Å². The summed E-state index contributed by atoms with van der Waals surface area (Å²) in [5.41, 5.74) is 2.79. The van der Waals surface area contributed by atoms with Crippen LogP contribution in [0.25, 0.3) is 10.2 Å². The summed E-state index contributed by atoms with van der Waals surface area (Å²) in [6.07, 6.45) is 4.20. The Morgan fingerprint density at radius 3 is 2.85 bits per heavy atom. The van der Waals surface area contributed by atoms with Gasteiger partial charge in [-0.2, -0.15) is 0 Å². The van der Waals surface area contributed by atoms with E-state index < -0.39 is 0 Å². The number of hydrogen-bond donors (Lipinski definition) is 2. The number of carbonyl (C=O) groups is 1. The molecule has 0 bridgehead atoms. The first-order chi connectivity index (χ1) is 13.2. The second-order valence-electron chi connectivity index (χ2n) is 5.95. The zero-order valence-corrected chi connectivity index (χ0v) is 16.2. The number of thiazole rings is 1. The molecule has 0 radical (unpaired) electrons. The number of carbonyl (C=O) groups excluding carboxylic acids is 1. The molecular formula is C19H17N5OS2. The van der Waals surface area contributed by atoms with Crippen LogP contribution >= 0.6 is 22.7 Å². The molecule has 0 aliphatic rings. The topological polar surface area (TPSA) is 79.8 Å². The van der Waals surface area contributed by atoms with Gasteiger partial charge in [-0.1, -0.05) is 18.2 Å². The van der Waals surface area contributed by atoms with Gasteiger partial charge >= 0.3 is 0 Å². The molecule has 8 heteroatoms. The molecule has 6 nitrogen and oxygen atoms in total. The molecule has 0 fully saturated rings. The van der Waals surface area contributed by atoms with Gasteiger partial charge in [0.25, 0.3) is 5.91 Å². The predicted octanol–water partition coefficient (Wildman–Crippen LogP) is 4.36. The Labute approximate surface area is 164 Å². The summed E-state index contributed by atoms with van der Waals surface area (Å²) >= 11 is 3.14. The highest BCUT2D eigenvalue weighted by molar-refractivity contribution is 7.18. The van der Waals surface area contributed by atoms with Gasteiger partial charge in [-0.25, -0.2) is 15.0 Å². The van der Waals surface area contributed by atoms with Gasteiger partial charge in [0, 0.05) is 29.6 Å². The van der Waals surface area contributed by atoms with Crippen molar-refractivity contribution in [2.24, 2.45) is 0 Å². The lowest BCUT2D eigenvalue weighted by molar-refractivity contribution is 0.102. The number of hydrogen-bond acceptors (Lipinski definition) is 7. The van der Waals surface area contributed by atoms with Crippen molar-refractivity contribution in [3.63, 3.8) is 0 Å². The van der Waals surface area contributed by atoms with E-state index in [-0.39, 0.29) is 5.91 Å². The fraction of sp³-hybridized carbons (Fsp3) is 0.158. The molecule has 0 aliphatic heterocycles. The van der Waals surface area contributed by atoms with Gasteiger partial charge in [0.15, 0.2) is 5.13 Å². The number of thiophene rings is 1. The molecule has 0 atom stereocenters. The largest absolute Gasteiger partial charge is 0.368 e. The number of aryl methyl sites for hydroxylation is 1. The molecule has 0 unspecified atom stereocenters. The molecule has 4 rings (SSSR count). The molecule has 3 heterocycles. The smallest absolute Gasteiger partial charge is 0.257 e. The van der Waals surface area contributed by atoms with Crippen LogP contribution < -0.4 is 10.6 Å². The number of nitrogens with one attached hydrogen (secondary N) is 2. The van der Waals surface area contributed by atoms with E-state index in [0.29, 0.717) is 10.7 Å². The van der Waals surface area contributed by atoms with E-state index in [1.807, 2.05) is 18.2 Å². The number of anilines is 2. The van der Waals surface area contributed by atoms with Crippen LogP contribution in [0.2, 0.25) is 0 Å². The number of fused-ring (bicyclic) bond motifs is 1. The standard InChI is InChI=1S/C19H17N5OS2/c1-12-10-26-16-15(12)22-11-23-17(16)20-8-7-14-9-21-19(27-14)24-18(25)13-5-3-2-4-6-13/h2-6,9-11H,7-8H2,1H3,(H,20,22,23)(H,21,24,25). The molecule has 27 heavy (non-hydrogen) atoms. The SMILES string of the molecule is Cc1csc2c(NCCc3cnc(NC(=O)c4ccccc4)s3)ncnc12. The molecule has 3 aromatic heterocycles. The fourth-order valence-corrected chi connectivity index (χ4v) is 4.41. The summed E-state index contributed by atoms with van der Waals surface area (Å²) in [6.45, 7) is 2.79. The Morgan fingerprint density at radius 1 is 1.15 bits per heavy atom. The number of rotatable bonds is 6. The van der Waals surface area contributed by atoms with Crippen molar-refractivity contribution in [3.05, 3.63) is 64.2 Å². The number of aromatic nitrogens is 3. The van der Waals surface area contributed by atoms with Gasteiger partial charge < -0.3 is 5.32 Å². The van der Waals surface area contributed by atoms with Crippen molar-refractivity contribution in [2.45, 2.75) is 13.3 Å². The van der Waals surface area contributed by atoms with Crippen molar-refractivity contribution in [1.29, 1.82) is 0 Å². The lowest BCUT2D eigenvalue weighted by Gasteiger charge is -2.05. The van der Waals surface area contributed by atoms with Gasteiger partial charge in [0.1, 0.15) is 12.1 Å². The van der Waals surface area contributed by atoms with Crippen LogP contribution in [0.5, 0.6) is 0 Å². The van der Waals surface area contributed by atoms with Gasteiger partial charge in [-0.05, 0) is 30.0 Å². The van der Waals surface area contributed by atoms with Crippen LogP contribution in [0.4, 0.5) is 10.9 Å². The average Bonchev–Trinajstić information content (AvgIpc) is 3.30. The quantitative estimate of drug-likeness (QED) is 0.507. The van der Waals surface area contributed by atoms with Gasteiger partial charge in [-0.15, -0.1) is 22.7 Å². The highest BCUT2D eigenvalue weighted by atomic mass is 32.1. The first-order valence-corrected chi connectivity index (χ1v) is 10.1. The second-order valence-corrected chi connectivity index (χ2v) is 7.94. The van der Waals surface area contributed by atoms with Crippen LogP contribution in [-0.2, 0) is 6.42 Å². The highest BCUT2D eigenvalue weighted by Gasteiger charge is 2.10.